The Labute approximate surface area is 224 Å². The van der Waals surface area contributed by atoms with Crippen LogP contribution in [-0.2, 0) is 24.3 Å². The number of amides is 1. The molecule has 1 amide bonds. The highest BCUT2D eigenvalue weighted by molar-refractivity contribution is 7.92. The first kappa shape index (κ1) is 28.9. The number of rotatable bonds is 10. The summed E-state index contributed by atoms with van der Waals surface area (Å²) < 4.78 is 61.5. The third kappa shape index (κ3) is 6.44. The molecule has 0 heterocycles. The number of methoxy groups -OCH3 is 4. The van der Waals surface area contributed by atoms with Crippen LogP contribution in [0.2, 0.25) is 0 Å². The molecule has 0 atom stereocenters. The minimum Gasteiger partial charge on any atom is -0.493 e. The normalized spacial score (nSPS) is 10.8. The van der Waals surface area contributed by atoms with Crippen molar-refractivity contribution >= 4 is 39.2 Å². The number of benzene rings is 3. The van der Waals surface area contributed by atoms with Gasteiger partial charge in [0.05, 0.1) is 55.8 Å². The molecular formula is C26H25FN2O9S. The van der Waals surface area contributed by atoms with Crippen molar-refractivity contribution < 1.29 is 46.1 Å². The number of halogens is 1. The fourth-order valence-electron chi connectivity index (χ4n) is 3.53. The highest BCUT2D eigenvalue weighted by Gasteiger charge is 2.29. The first-order chi connectivity index (χ1) is 18.5. The molecule has 13 heteroatoms. The van der Waals surface area contributed by atoms with E-state index in [2.05, 4.69) is 10.1 Å². The maximum atomic E-state index is 13.7. The van der Waals surface area contributed by atoms with Gasteiger partial charge in [0.2, 0.25) is 5.91 Å². The van der Waals surface area contributed by atoms with Crippen LogP contribution in [0.4, 0.5) is 15.8 Å². The van der Waals surface area contributed by atoms with Crippen LogP contribution in [0, 0.1) is 5.82 Å². The van der Waals surface area contributed by atoms with E-state index in [1.54, 1.807) is 0 Å². The lowest BCUT2D eigenvalue weighted by Gasteiger charge is -2.24. The lowest BCUT2D eigenvalue weighted by Crippen LogP contribution is -2.38. The molecule has 0 bridgehead atoms. The van der Waals surface area contributed by atoms with Crippen LogP contribution < -0.4 is 19.1 Å². The van der Waals surface area contributed by atoms with Gasteiger partial charge in [-0.3, -0.25) is 9.10 Å². The van der Waals surface area contributed by atoms with Crippen LogP contribution in [0.3, 0.4) is 0 Å². The zero-order valence-corrected chi connectivity index (χ0v) is 22.2. The van der Waals surface area contributed by atoms with Crippen molar-refractivity contribution in [2.45, 2.75) is 4.90 Å². The van der Waals surface area contributed by atoms with Gasteiger partial charge in [-0.05, 0) is 54.6 Å². The molecule has 0 saturated heterocycles. The van der Waals surface area contributed by atoms with Crippen LogP contribution >= 0.6 is 0 Å². The number of carbonyl (C=O) groups excluding carboxylic acids is 3. The molecule has 0 aliphatic carbocycles. The molecule has 206 valence electrons. The fourth-order valence-corrected chi connectivity index (χ4v) is 4.96. The van der Waals surface area contributed by atoms with Gasteiger partial charge in [-0.15, -0.1) is 0 Å². The number of nitrogens with one attached hydrogen (secondary N) is 1. The van der Waals surface area contributed by atoms with Crippen molar-refractivity contribution in [1.82, 2.24) is 0 Å². The van der Waals surface area contributed by atoms with Gasteiger partial charge in [-0.2, -0.15) is 0 Å². The fraction of sp³-hybridized carbons (Fsp3) is 0.192. The van der Waals surface area contributed by atoms with Gasteiger partial charge in [-0.25, -0.2) is 22.4 Å². The van der Waals surface area contributed by atoms with Crippen LogP contribution in [0.25, 0.3) is 0 Å². The van der Waals surface area contributed by atoms with Crippen LogP contribution in [0.15, 0.2) is 65.6 Å². The smallest absolute Gasteiger partial charge is 0.339 e. The Morgan fingerprint density at radius 3 is 2.05 bits per heavy atom. The number of hydrogen-bond acceptors (Lipinski definition) is 9. The number of sulfonamides is 1. The molecule has 3 rings (SSSR count). The number of hydrogen-bond donors (Lipinski definition) is 1. The van der Waals surface area contributed by atoms with Gasteiger partial charge in [0.25, 0.3) is 10.0 Å². The second-order valence-corrected chi connectivity index (χ2v) is 9.66. The Morgan fingerprint density at radius 1 is 0.821 bits per heavy atom. The Bertz CT molecular complexity index is 1490. The molecule has 1 N–H and O–H groups in total. The molecule has 0 aliphatic heterocycles. The minimum absolute atomic E-state index is 0.0159. The second kappa shape index (κ2) is 12.3. The molecule has 0 unspecified atom stereocenters. The predicted octanol–water partition coefficient (Wildman–Crippen LogP) is 3.25. The summed E-state index contributed by atoms with van der Waals surface area (Å²) in [6.07, 6.45) is 0. The summed E-state index contributed by atoms with van der Waals surface area (Å²) in [5.41, 5.74) is -0.196. The lowest BCUT2D eigenvalue weighted by atomic mass is 10.1. The Kier molecular flexibility index (Phi) is 9.09. The average Bonchev–Trinajstić information content (AvgIpc) is 2.95. The van der Waals surface area contributed by atoms with E-state index in [1.165, 1.54) is 62.8 Å². The van der Waals surface area contributed by atoms with Crippen molar-refractivity contribution in [3.8, 4) is 11.5 Å². The maximum Gasteiger partial charge on any atom is 0.339 e. The number of esters is 2. The van der Waals surface area contributed by atoms with Crippen LogP contribution in [0.5, 0.6) is 11.5 Å². The summed E-state index contributed by atoms with van der Waals surface area (Å²) in [5.74, 6) is -2.63. The van der Waals surface area contributed by atoms with Crippen LogP contribution in [-0.4, -0.2) is 61.2 Å². The zero-order valence-electron chi connectivity index (χ0n) is 21.4. The zero-order chi connectivity index (χ0) is 28.7. The molecule has 0 aromatic heterocycles. The Balaban J connectivity index is 2.04. The SMILES string of the molecule is COC(=O)c1ccc(C(=O)OC)c(NC(=O)CN(c2ccc(F)cc2)S(=O)(=O)c2ccc(OC)c(OC)c2)c1. The number of carbonyl (C=O) groups is 3. The Hall–Kier alpha value is -4.65. The summed E-state index contributed by atoms with van der Waals surface area (Å²) in [7, 11) is 0.596. The topological polar surface area (TPSA) is 138 Å². The predicted molar refractivity (Wildman–Crippen MR) is 138 cm³/mol. The molecule has 0 aliphatic rings. The molecule has 3 aromatic rings. The third-order valence-electron chi connectivity index (χ3n) is 5.46. The lowest BCUT2D eigenvalue weighted by molar-refractivity contribution is -0.114. The van der Waals surface area contributed by atoms with E-state index in [-0.39, 0.29) is 38.9 Å². The first-order valence-corrected chi connectivity index (χ1v) is 12.6. The van der Waals surface area contributed by atoms with Crippen molar-refractivity contribution in [3.05, 3.63) is 77.6 Å². The molecule has 0 fully saturated rings. The second-order valence-electron chi connectivity index (χ2n) is 7.80. The van der Waals surface area contributed by atoms with Gasteiger partial charge in [0.15, 0.2) is 11.5 Å². The summed E-state index contributed by atoms with van der Waals surface area (Å²) in [6, 6.07) is 12.1. The number of anilines is 2. The largest absolute Gasteiger partial charge is 0.493 e. The van der Waals surface area contributed by atoms with Gasteiger partial charge < -0.3 is 24.3 Å². The van der Waals surface area contributed by atoms with Gasteiger partial charge in [0, 0.05) is 6.07 Å². The first-order valence-electron chi connectivity index (χ1n) is 11.2. The summed E-state index contributed by atoms with van der Waals surface area (Å²) in [5, 5.41) is 2.45. The van der Waals surface area contributed by atoms with Crippen LogP contribution in [0.1, 0.15) is 20.7 Å². The maximum absolute atomic E-state index is 13.7. The summed E-state index contributed by atoms with van der Waals surface area (Å²) >= 11 is 0. The van der Waals surface area contributed by atoms with E-state index in [4.69, 9.17) is 14.2 Å². The van der Waals surface area contributed by atoms with Crippen molar-refractivity contribution in [1.29, 1.82) is 0 Å². The summed E-state index contributed by atoms with van der Waals surface area (Å²) in [6.45, 7) is -0.786. The quantitative estimate of drug-likeness (QED) is 0.370. The highest BCUT2D eigenvalue weighted by atomic mass is 32.2. The Morgan fingerprint density at radius 2 is 1.46 bits per heavy atom. The van der Waals surface area contributed by atoms with E-state index < -0.39 is 40.2 Å². The van der Waals surface area contributed by atoms with E-state index in [1.807, 2.05) is 0 Å². The average molecular weight is 561 g/mol. The van der Waals surface area contributed by atoms with Crippen molar-refractivity contribution in [2.24, 2.45) is 0 Å². The van der Waals surface area contributed by atoms with Gasteiger partial charge in [-0.1, -0.05) is 0 Å². The monoisotopic (exact) mass is 560 g/mol. The number of nitrogens with zero attached hydrogens (tertiary/aromatic N) is 1. The molecule has 0 radical (unpaired) electrons. The highest BCUT2D eigenvalue weighted by Crippen LogP contribution is 2.32. The molecule has 3 aromatic carbocycles. The van der Waals surface area contributed by atoms with Gasteiger partial charge in [0.1, 0.15) is 12.4 Å². The van der Waals surface area contributed by atoms with E-state index >= 15 is 0 Å². The van der Waals surface area contributed by atoms with E-state index in [0.717, 1.165) is 30.7 Å². The van der Waals surface area contributed by atoms with Gasteiger partial charge >= 0.3 is 11.9 Å². The van der Waals surface area contributed by atoms with E-state index in [9.17, 15) is 27.2 Å². The molecule has 39 heavy (non-hydrogen) atoms. The van der Waals surface area contributed by atoms with Crippen molar-refractivity contribution in [3.63, 3.8) is 0 Å². The molecule has 0 spiro atoms. The minimum atomic E-state index is -4.42. The molecule has 0 saturated carbocycles. The standard InChI is InChI=1S/C26H25FN2O9S/c1-35-22-12-10-19(14-23(22)36-2)39(33,34)29(18-8-6-17(27)7-9-18)15-24(30)28-21-13-16(25(31)37-3)5-11-20(21)26(32)38-4/h5-14H,15H2,1-4H3,(H,28,30). The van der Waals surface area contributed by atoms with Crippen molar-refractivity contribution in [2.75, 3.05) is 44.6 Å². The summed E-state index contributed by atoms with van der Waals surface area (Å²) in [4.78, 5) is 37.2. The molecule has 11 nitrogen and oxygen atoms in total. The third-order valence-corrected chi connectivity index (χ3v) is 7.23. The van der Waals surface area contributed by atoms with E-state index in [0.29, 0.717) is 0 Å². The molecular weight excluding hydrogens is 535 g/mol. The number of ether oxygens (including phenoxy) is 4.